The molecule has 0 atom stereocenters. The fourth-order valence-electron chi connectivity index (χ4n) is 0.690. The van der Waals surface area contributed by atoms with Gasteiger partial charge >= 0.3 is 6.09 Å². The van der Waals surface area contributed by atoms with Crippen molar-refractivity contribution in [1.82, 2.24) is 0 Å². The number of para-hydroxylation sites is 1. The topological polar surface area (TPSA) is 38.3 Å². The molecule has 0 fully saturated rings. The Morgan fingerprint density at radius 1 is 1.29 bits per heavy atom. The predicted octanol–water partition coefficient (Wildman–Crippen LogP) is 3.28. The number of hydrogen-bond donors (Lipinski definition) is 1. The zero-order chi connectivity index (χ0) is 10.8. The van der Waals surface area contributed by atoms with Crippen molar-refractivity contribution >= 4 is 11.8 Å². The van der Waals surface area contributed by atoms with Crippen molar-refractivity contribution in [2.75, 3.05) is 12.4 Å². The standard InChI is InChI=1S/C8H9NO2.C3H8/c1-11-8(10)9-7-5-3-2-4-6-7;1-3-2/h2-6H,1H3,(H,9,10);3H2,1-2H3. The van der Waals surface area contributed by atoms with Gasteiger partial charge in [0.2, 0.25) is 0 Å². The molecule has 0 radical (unpaired) electrons. The maximum absolute atomic E-state index is 10.6. The van der Waals surface area contributed by atoms with E-state index in [4.69, 9.17) is 0 Å². The van der Waals surface area contributed by atoms with Gasteiger partial charge in [0.25, 0.3) is 0 Å². The van der Waals surface area contributed by atoms with Crippen molar-refractivity contribution in [2.24, 2.45) is 0 Å². The molecule has 78 valence electrons. The van der Waals surface area contributed by atoms with Crippen LogP contribution < -0.4 is 5.32 Å². The molecule has 0 unspecified atom stereocenters. The lowest BCUT2D eigenvalue weighted by molar-refractivity contribution is 0.187. The molecule has 0 aliphatic carbocycles. The van der Waals surface area contributed by atoms with Crippen LogP contribution >= 0.6 is 0 Å². The van der Waals surface area contributed by atoms with Crippen molar-refractivity contribution in [3.63, 3.8) is 0 Å². The summed E-state index contributed by atoms with van der Waals surface area (Å²) in [4.78, 5) is 10.6. The fourth-order valence-corrected chi connectivity index (χ4v) is 0.690. The number of ether oxygens (including phenoxy) is 1. The zero-order valence-electron chi connectivity index (χ0n) is 8.91. The normalized spacial score (nSPS) is 8.21. The summed E-state index contributed by atoms with van der Waals surface area (Å²) in [7, 11) is 1.33. The summed E-state index contributed by atoms with van der Waals surface area (Å²) in [5.74, 6) is 0. The first-order chi connectivity index (χ1) is 6.74. The van der Waals surface area contributed by atoms with Crippen LogP contribution in [0.25, 0.3) is 0 Å². The lowest BCUT2D eigenvalue weighted by Crippen LogP contribution is -2.10. The summed E-state index contributed by atoms with van der Waals surface area (Å²) in [6.07, 6.45) is 0.802. The first-order valence-corrected chi connectivity index (χ1v) is 4.64. The molecule has 0 aliphatic rings. The second kappa shape index (κ2) is 8.10. The molecule has 0 spiro atoms. The summed E-state index contributed by atoms with van der Waals surface area (Å²) in [5, 5.41) is 2.53. The number of carbonyl (C=O) groups excluding carboxylic acids is 1. The summed E-state index contributed by atoms with van der Waals surface area (Å²) in [6, 6.07) is 9.13. The third-order valence-electron chi connectivity index (χ3n) is 1.21. The molecular weight excluding hydrogens is 178 g/mol. The lowest BCUT2D eigenvalue weighted by atomic mass is 10.3. The Morgan fingerprint density at radius 3 is 2.21 bits per heavy atom. The van der Waals surface area contributed by atoms with Gasteiger partial charge in [-0.2, -0.15) is 0 Å². The zero-order valence-corrected chi connectivity index (χ0v) is 8.91. The highest BCUT2D eigenvalue weighted by Crippen LogP contribution is 2.04. The maximum atomic E-state index is 10.6. The summed E-state index contributed by atoms with van der Waals surface area (Å²) in [5.41, 5.74) is 0.736. The Labute approximate surface area is 85.1 Å². The lowest BCUT2D eigenvalue weighted by Gasteiger charge is -2.01. The first-order valence-electron chi connectivity index (χ1n) is 4.64. The molecule has 1 amide bonds. The Bertz CT molecular complexity index is 247. The molecule has 0 saturated carbocycles. The number of rotatable bonds is 1. The van der Waals surface area contributed by atoms with E-state index in [0.29, 0.717) is 0 Å². The summed E-state index contributed by atoms with van der Waals surface area (Å²) < 4.78 is 4.40. The molecule has 0 saturated heterocycles. The summed E-state index contributed by atoms with van der Waals surface area (Å²) in [6.45, 7) is 4.25. The van der Waals surface area contributed by atoms with Gasteiger partial charge < -0.3 is 4.74 Å². The van der Waals surface area contributed by atoms with E-state index in [2.05, 4.69) is 23.9 Å². The van der Waals surface area contributed by atoms with Gasteiger partial charge in [-0.05, 0) is 12.1 Å². The van der Waals surface area contributed by atoms with Crippen LogP contribution in [0.1, 0.15) is 20.3 Å². The minimum absolute atomic E-state index is 0.448. The second-order valence-corrected chi connectivity index (χ2v) is 2.69. The molecule has 1 aromatic rings. The molecule has 0 aliphatic heterocycles. The van der Waals surface area contributed by atoms with Gasteiger partial charge in [0.1, 0.15) is 0 Å². The van der Waals surface area contributed by atoms with E-state index in [-0.39, 0.29) is 0 Å². The van der Waals surface area contributed by atoms with Gasteiger partial charge in [-0.1, -0.05) is 38.5 Å². The third-order valence-corrected chi connectivity index (χ3v) is 1.21. The number of amides is 1. The molecule has 3 nitrogen and oxygen atoms in total. The average molecular weight is 195 g/mol. The van der Waals surface area contributed by atoms with E-state index < -0.39 is 6.09 Å². The van der Waals surface area contributed by atoms with Gasteiger partial charge in [0.05, 0.1) is 7.11 Å². The SMILES string of the molecule is CCC.COC(=O)Nc1ccccc1. The molecule has 1 aromatic carbocycles. The van der Waals surface area contributed by atoms with E-state index in [1.165, 1.54) is 13.5 Å². The highest BCUT2D eigenvalue weighted by atomic mass is 16.5. The quantitative estimate of drug-likeness (QED) is 0.746. The van der Waals surface area contributed by atoms with E-state index in [9.17, 15) is 4.79 Å². The highest BCUT2D eigenvalue weighted by Gasteiger charge is 1.96. The molecular formula is C11H17NO2. The molecule has 3 heteroatoms. The van der Waals surface area contributed by atoms with E-state index >= 15 is 0 Å². The van der Waals surface area contributed by atoms with E-state index in [1.54, 1.807) is 12.1 Å². The Balaban J connectivity index is 0.000000500. The van der Waals surface area contributed by atoms with Crippen LogP contribution in [-0.2, 0) is 4.74 Å². The number of benzene rings is 1. The van der Waals surface area contributed by atoms with Crippen molar-refractivity contribution < 1.29 is 9.53 Å². The van der Waals surface area contributed by atoms with Crippen molar-refractivity contribution in [2.45, 2.75) is 20.3 Å². The van der Waals surface area contributed by atoms with Crippen LogP contribution in [0.3, 0.4) is 0 Å². The number of methoxy groups -OCH3 is 1. The fraction of sp³-hybridized carbons (Fsp3) is 0.364. The minimum atomic E-state index is -0.448. The Hall–Kier alpha value is -1.51. The van der Waals surface area contributed by atoms with Gasteiger partial charge in [0, 0.05) is 5.69 Å². The van der Waals surface area contributed by atoms with E-state index in [1.807, 2.05) is 18.2 Å². The first kappa shape index (κ1) is 12.5. The number of anilines is 1. The third kappa shape index (κ3) is 6.06. The number of carbonyl (C=O) groups is 1. The maximum Gasteiger partial charge on any atom is 0.411 e. The van der Waals surface area contributed by atoms with Gasteiger partial charge in [-0.3, -0.25) is 5.32 Å². The Morgan fingerprint density at radius 2 is 1.79 bits per heavy atom. The van der Waals surface area contributed by atoms with Crippen molar-refractivity contribution in [3.8, 4) is 0 Å². The molecule has 0 bridgehead atoms. The van der Waals surface area contributed by atoms with Crippen molar-refractivity contribution in [3.05, 3.63) is 30.3 Å². The van der Waals surface area contributed by atoms with Crippen LogP contribution in [0.15, 0.2) is 30.3 Å². The van der Waals surface area contributed by atoms with Crippen molar-refractivity contribution in [1.29, 1.82) is 0 Å². The summed E-state index contributed by atoms with van der Waals surface area (Å²) >= 11 is 0. The number of nitrogens with one attached hydrogen (secondary N) is 1. The van der Waals surface area contributed by atoms with Crippen LogP contribution in [0.4, 0.5) is 10.5 Å². The molecule has 0 heterocycles. The second-order valence-electron chi connectivity index (χ2n) is 2.69. The van der Waals surface area contributed by atoms with Crippen LogP contribution in [-0.4, -0.2) is 13.2 Å². The predicted molar refractivity (Wildman–Crippen MR) is 58.4 cm³/mol. The molecule has 14 heavy (non-hydrogen) atoms. The van der Waals surface area contributed by atoms with E-state index in [0.717, 1.165) is 5.69 Å². The monoisotopic (exact) mass is 195 g/mol. The highest BCUT2D eigenvalue weighted by molar-refractivity contribution is 5.84. The number of hydrogen-bond acceptors (Lipinski definition) is 2. The largest absolute Gasteiger partial charge is 0.453 e. The molecule has 1 rings (SSSR count). The van der Waals surface area contributed by atoms with Gasteiger partial charge in [-0.15, -0.1) is 0 Å². The van der Waals surface area contributed by atoms with Crippen LogP contribution in [0, 0.1) is 0 Å². The minimum Gasteiger partial charge on any atom is -0.453 e. The van der Waals surface area contributed by atoms with Gasteiger partial charge in [-0.25, -0.2) is 4.79 Å². The Kier molecular flexibility index (Phi) is 7.23. The average Bonchev–Trinajstić information content (AvgIpc) is 2.20. The van der Waals surface area contributed by atoms with Gasteiger partial charge in [0.15, 0.2) is 0 Å². The smallest absolute Gasteiger partial charge is 0.411 e. The molecule has 1 N–H and O–H groups in total. The molecule has 0 aromatic heterocycles. The van der Waals surface area contributed by atoms with Crippen LogP contribution in [0.5, 0.6) is 0 Å². The van der Waals surface area contributed by atoms with Crippen LogP contribution in [0.2, 0.25) is 0 Å².